The average Bonchev–Trinajstić information content (AvgIpc) is 3.30. The van der Waals surface area contributed by atoms with E-state index in [4.69, 9.17) is 9.72 Å². The Kier molecular flexibility index (Phi) is 6.90. The van der Waals surface area contributed by atoms with Crippen LogP contribution in [0.3, 0.4) is 0 Å². The number of thiazole rings is 1. The van der Waals surface area contributed by atoms with Gasteiger partial charge in [0, 0.05) is 23.1 Å². The molecule has 1 aromatic heterocycles. The molecule has 1 heterocycles. The van der Waals surface area contributed by atoms with Crippen LogP contribution in [0.2, 0.25) is 0 Å². The Morgan fingerprint density at radius 2 is 1.61 bits per heavy atom. The second-order valence-corrected chi connectivity index (χ2v) is 9.23. The maximum atomic E-state index is 12.3. The molecular formula is C28H28N2O2S. The zero-order valence-electron chi connectivity index (χ0n) is 19.4. The van der Waals surface area contributed by atoms with E-state index in [0.29, 0.717) is 6.54 Å². The SMILES string of the molecule is Cc1ccc(-c2csc(-c3ccc(CNC(=O)COc4cc(C)cc(C)c4C)cc3)n2)cc1. The van der Waals surface area contributed by atoms with E-state index in [1.807, 2.05) is 39.0 Å². The topological polar surface area (TPSA) is 51.2 Å². The second-order valence-electron chi connectivity index (χ2n) is 8.37. The predicted octanol–water partition coefficient (Wildman–Crippen LogP) is 6.41. The van der Waals surface area contributed by atoms with Crippen LogP contribution in [0.5, 0.6) is 5.75 Å². The maximum Gasteiger partial charge on any atom is 0.258 e. The van der Waals surface area contributed by atoms with Crippen LogP contribution in [0, 0.1) is 27.7 Å². The van der Waals surface area contributed by atoms with Crippen LogP contribution >= 0.6 is 11.3 Å². The van der Waals surface area contributed by atoms with E-state index in [2.05, 4.69) is 60.1 Å². The summed E-state index contributed by atoms with van der Waals surface area (Å²) in [6, 6.07) is 20.6. The highest BCUT2D eigenvalue weighted by molar-refractivity contribution is 7.13. The van der Waals surface area contributed by atoms with Crippen LogP contribution in [-0.4, -0.2) is 17.5 Å². The molecule has 4 nitrogen and oxygen atoms in total. The molecule has 0 aliphatic rings. The lowest BCUT2D eigenvalue weighted by Gasteiger charge is -2.12. The van der Waals surface area contributed by atoms with Gasteiger partial charge in [-0.1, -0.05) is 60.2 Å². The van der Waals surface area contributed by atoms with Crippen molar-refractivity contribution in [1.82, 2.24) is 10.3 Å². The molecule has 4 rings (SSSR count). The Balaban J connectivity index is 1.32. The van der Waals surface area contributed by atoms with Crippen molar-refractivity contribution < 1.29 is 9.53 Å². The van der Waals surface area contributed by atoms with Gasteiger partial charge in [0.05, 0.1) is 5.69 Å². The number of hydrogen-bond acceptors (Lipinski definition) is 4. The Hall–Kier alpha value is -3.44. The smallest absolute Gasteiger partial charge is 0.258 e. The number of amides is 1. The van der Waals surface area contributed by atoms with Gasteiger partial charge in [-0.15, -0.1) is 11.3 Å². The Bertz CT molecular complexity index is 1260. The summed E-state index contributed by atoms with van der Waals surface area (Å²) in [6.45, 7) is 8.63. The lowest BCUT2D eigenvalue weighted by molar-refractivity contribution is -0.123. The number of ether oxygens (including phenoxy) is 1. The van der Waals surface area contributed by atoms with Gasteiger partial charge in [-0.25, -0.2) is 4.98 Å². The minimum Gasteiger partial charge on any atom is -0.483 e. The third-order valence-electron chi connectivity index (χ3n) is 5.66. The first-order valence-electron chi connectivity index (χ1n) is 11.0. The zero-order valence-corrected chi connectivity index (χ0v) is 20.3. The summed E-state index contributed by atoms with van der Waals surface area (Å²) in [7, 11) is 0. The molecular weight excluding hydrogens is 428 g/mol. The first kappa shape index (κ1) is 22.7. The number of nitrogens with one attached hydrogen (secondary N) is 1. The maximum absolute atomic E-state index is 12.3. The Morgan fingerprint density at radius 1 is 0.909 bits per heavy atom. The number of rotatable bonds is 7. The molecule has 0 spiro atoms. The number of nitrogens with zero attached hydrogens (tertiary/aromatic N) is 1. The first-order valence-corrected chi connectivity index (χ1v) is 11.9. The Morgan fingerprint density at radius 3 is 2.33 bits per heavy atom. The lowest BCUT2D eigenvalue weighted by Crippen LogP contribution is -2.28. The van der Waals surface area contributed by atoms with Gasteiger partial charge in [-0.2, -0.15) is 0 Å². The molecule has 5 heteroatoms. The van der Waals surface area contributed by atoms with Crippen molar-refractivity contribution in [3.63, 3.8) is 0 Å². The van der Waals surface area contributed by atoms with Crippen molar-refractivity contribution in [3.8, 4) is 27.6 Å². The van der Waals surface area contributed by atoms with E-state index < -0.39 is 0 Å². The zero-order chi connectivity index (χ0) is 23.4. The quantitative estimate of drug-likeness (QED) is 0.350. The number of benzene rings is 3. The summed E-state index contributed by atoms with van der Waals surface area (Å²) in [5.41, 5.74) is 8.81. The fourth-order valence-corrected chi connectivity index (χ4v) is 4.41. The molecule has 0 unspecified atom stereocenters. The van der Waals surface area contributed by atoms with Crippen molar-refractivity contribution in [1.29, 1.82) is 0 Å². The largest absolute Gasteiger partial charge is 0.483 e. The van der Waals surface area contributed by atoms with Gasteiger partial charge in [0.25, 0.3) is 5.91 Å². The third kappa shape index (κ3) is 5.68. The van der Waals surface area contributed by atoms with E-state index >= 15 is 0 Å². The number of carbonyl (C=O) groups excluding carboxylic acids is 1. The summed E-state index contributed by atoms with van der Waals surface area (Å²) in [5.74, 6) is 0.626. The Labute approximate surface area is 199 Å². The van der Waals surface area contributed by atoms with Gasteiger partial charge >= 0.3 is 0 Å². The lowest BCUT2D eigenvalue weighted by atomic mass is 10.1. The van der Waals surface area contributed by atoms with Gasteiger partial charge in [0.2, 0.25) is 0 Å². The van der Waals surface area contributed by atoms with Crippen molar-refractivity contribution in [3.05, 3.63) is 93.9 Å². The molecule has 168 valence electrons. The fraction of sp³-hybridized carbons (Fsp3) is 0.214. The molecule has 0 saturated carbocycles. The van der Waals surface area contributed by atoms with E-state index in [9.17, 15) is 4.79 Å². The van der Waals surface area contributed by atoms with Gasteiger partial charge < -0.3 is 10.1 Å². The molecule has 3 aromatic carbocycles. The normalized spacial score (nSPS) is 10.8. The van der Waals surface area contributed by atoms with Crippen LogP contribution in [0.15, 0.2) is 66.0 Å². The average molecular weight is 457 g/mol. The molecule has 0 aliphatic carbocycles. The minimum atomic E-state index is -0.139. The molecule has 33 heavy (non-hydrogen) atoms. The molecule has 0 aliphatic heterocycles. The molecule has 0 bridgehead atoms. The summed E-state index contributed by atoms with van der Waals surface area (Å²) < 4.78 is 5.75. The summed E-state index contributed by atoms with van der Waals surface area (Å²) in [6.07, 6.45) is 0. The van der Waals surface area contributed by atoms with E-state index in [1.165, 1.54) is 5.56 Å². The summed E-state index contributed by atoms with van der Waals surface area (Å²) >= 11 is 1.64. The fourth-order valence-electron chi connectivity index (χ4n) is 3.57. The van der Waals surface area contributed by atoms with Crippen LogP contribution in [0.4, 0.5) is 0 Å². The van der Waals surface area contributed by atoms with Crippen molar-refractivity contribution in [2.75, 3.05) is 6.61 Å². The molecule has 1 amide bonds. The van der Waals surface area contributed by atoms with Gasteiger partial charge in [-0.05, 0) is 56.0 Å². The highest BCUT2D eigenvalue weighted by atomic mass is 32.1. The van der Waals surface area contributed by atoms with Gasteiger partial charge in [-0.3, -0.25) is 4.79 Å². The van der Waals surface area contributed by atoms with Crippen LogP contribution in [0.25, 0.3) is 21.8 Å². The van der Waals surface area contributed by atoms with E-state index in [1.54, 1.807) is 11.3 Å². The van der Waals surface area contributed by atoms with Gasteiger partial charge in [0.15, 0.2) is 6.61 Å². The van der Waals surface area contributed by atoms with E-state index in [0.717, 1.165) is 49.8 Å². The summed E-state index contributed by atoms with van der Waals surface area (Å²) in [5, 5.41) is 6.00. The standard InChI is InChI=1S/C28H28N2O2S/c1-18-5-9-23(10-6-18)25-17-33-28(30-25)24-11-7-22(8-12-24)15-29-27(31)16-32-26-14-19(2)13-20(3)21(26)4/h5-14,17H,15-16H2,1-4H3,(H,29,31). The number of aromatic nitrogens is 1. The molecule has 0 atom stereocenters. The second kappa shape index (κ2) is 10.0. The number of hydrogen-bond donors (Lipinski definition) is 1. The number of aryl methyl sites for hydroxylation is 3. The highest BCUT2D eigenvalue weighted by Gasteiger charge is 2.09. The monoisotopic (exact) mass is 456 g/mol. The molecule has 0 fully saturated rings. The van der Waals surface area contributed by atoms with Crippen LogP contribution in [-0.2, 0) is 11.3 Å². The minimum absolute atomic E-state index is 0.00270. The molecule has 4 aromatic rings. The highest BCUT2D eigenvalue weighted by Crippen LogP contribution is 2.29. The van der Waals surface area contributed by atoms with Gasteiger partial charge in [0.1, 0.15) is 10.8 Å². The van der Waals surface area contributed by atoms with Crippen molar-refractivity contribution in [2.24, 2.45) is 0 Å². The predicted molar refractivity (Wildman–Crippen MR) is 136 cm³/mol. The van der Waals surface area contributed by atoms with Crippen molar-refractivity contribution >= 4 is 17.2 Å². The van der Waals surface area contributed by atoms with E-state index in [-0.39, 0.29) is 12.5 Å². The number of carbonyl (C=O) groups is 1. The molecule has 0 saturated heterocycles. The van der Waals surface area contributed by atoms with Crippen molar-refractivity contribution in [2.45, 2.75) is 34.2 Å². The first-order chi connectivity index (χ1) is 15.9. The van der Waals surface area contributed by atoms with Crippen LogP contribution < -0.4 is 10.1 Å². The molecule has 1 N–H and O–H groups in total. The summed E-state index contributed by atoms with van der Waals surface area (Å²) in [4.78, 5) is 17.1. The van der Waals surface area contributed by atoms with Crippen LogP contribution in [0.1, 0.15) is 27.8 Å². The molecule has 0 radical (unpaired) electrons. The third-order valence-corrected chi connectivity index (χ3v) is 6.56.